The van der Waals surface area contributed by atoms with E-state index in [9.17, 15) is 10.4 Å². The highest BCUT2D eigenvalue weighted by atomic mass is 32.1. The van der Waals surface area contributed by atoms with Crippen LogP contribution in [0.1, 0.15) is 0 Å². The number of nitrogens with one attached hydrogen (secondary N) is 2. The lowest BCUT2D eigenvalue weighted by Crippen LogP contribution is -2.99. The zero-order valence-electron chi connectivity index (χ0n) is 16.2. The highest BCUT2D eigenvalue weighted by Crippen LogP contribution is 2.35. The van der Waals surface area contributed by atoms with E-state index in [2.05, 4.69) is 15.3 Å². The number of hydrogen-bond donors (Lipinski definition) is 4. The Kier molecular flexibility index (Phi) is 5.38. The molecule has 2 aromatic carbocycles. The lowest BCUT2D eigenvalue weighted by molar-refractivity contribution is -0.990. The predicted molar refractivity (Wildman–Crippen MR) is 116 cm³/mol. The molecule has 4 rings (SSSR count). The van der Waals surface area contributed by atoms with Gasteiger partial charge in [-0.15, -0.1) is 11.3 Å². The Morgan fingerprint density at radius 1 is 1.13 bits per heavy atom. The number of thiophene rings is 1. The maximum atomic E-state index is 11.4. The summed E-state index contributed by atoms with van der Waals surface area (Å²) < 4.78 is 11.5. The second kappa shape index (κ2) is 8.13. The largest absolute Gasteiger partial charge is 0.595 e. The summed E-state index contributed by atoms with van der Waals surface area (Å²) in [5.41, 5.74) is 9.06. The highest BCUT2D eigenvalue weighted by Gasteiger charge is 2.14. The molecule has 1 unspecified atom stereocenters. The van der Waals surface area contributed by atoms with Crippen LogP contribution in [0.3, 0.4) is 0 Å². The van der Waals surface area contributed by atoms with Crippen LogP contribution in [-0.2, 0) is 0 Å². The number of nitrogen functional groups attached to an aromatic ring is 1. The van der Waals surface area contributed by atoms with Gasteiger partial charge in [0.2, 0.25) is 5.95 Å². The number of anilines is 3. The first kappa shape index (κ1) is 19.9. The van der Waals surface area contributed by atoms with E-state index in [4.69, 9.17) is 15.2 Å². The van der Waals surface area contributed by atoms with Crippen molar-refractivity contribution in [3.63, 3.8) is 0 Å². The molecule has 9 nitrogen and oxygen atoms in total. The molecule has 0 aliphatic carbocycles. The Morgan fingerprint density at radius 2 is 1.93 bits per heavy atom. The number of quaternary nitrogens is 1. The van der Waals surface area contributed by atoms with Crippen LogP contribution in [0.25, 0.3) is 21.3 Å². The Hall–Kier alpha value is -3.44. The number of nitrogens with two attached hydrogens (primary N) is 1. The van der Waals surface area contributed by atoms with Gasteiger partial charge in [0.25, 0.3) is 0 Å². The van der Waals surface area contributed by atoms with Crippen LogP contribution in [0.5, 0.6) is 11.5 Å². The van der Waals surface area contributed by atoms with E-state index in [0.29, 0.717) is 17.4 Å². The summed E-state index contributed by atoms with van der Waals surface area (Å²) >= 11 is 1.49. The number of rotatable bonds is 6. The molecule has 0 aliphatic rings. The first-order chi connectivity index (χ1) is 14.5. The topological polar surface area (TPSA) is 130 Å². The minimum Gasteiger partial charge on any atom is -0.595 e. The van der Waals surface area contributed by atoms with E-state index in [1.165, 1.54) is 11.3 Å². The molecule has 1 atom stereocenters. The summed E-state index contributed by atoms with van der Waals surface area (Å²) in [6.07, 6.45) is 1.73. The van der Waals surface area contributed by atoms with Crippen molar-refractivity contribution in [3.8, 4) is 22.6 Å². The molecule has 0 fully saturated rings. The van der Waals surface area contributed by atoms with Crippen molar-refractivity contribution < 1.29 is 19.9 Å². The maximum absolute atomic E-state index is 11.4. The lowest BCUT2D eigenvalue weighted by atomic mass is 10.1. The van der Waals surface area contributed by atoms with Crippen LogP contribution in [0, 0.1) is 5.21 Å². The summed E-state index contributed by atoms with van der Waals surface area (Å²) in [5, 5.41) is 24.8. The van der Waals surface area contributed by atoms with E-state index >= 15 is 0 Å². The molecule has 0 bridgehead atoms. The smallest absolute Gasteiger partial charge is 0.227 e. The van der Waals surface area contributed by atoms with Gasteiger partial charge < -0.3 is 25.7 Å². The van der Waals surface area contributed by atoms with E-state index in [1.807, 2.05) is 11.4 Å². The minimum atomic E-state index is -1.07. The molecule has 0 spiro atoms. The van der Waals surface area contributed by atoms with Gasteiger partial charge in [0.1, 0.15) is 0 Å². The molecule has 0 aliphatic heterocycles. The third kappa shape index (κ3) is 3.72. The first-order valence-electron chi connectivity index (χ1n) is 8.86. The summed E-state index contributed by atoms with van der Waals surface area (Å²) in [6, 6.07) is 10.3. The number of ether oxygens (including phenoxy) is 2. The Labute approximate surface area is 175 Å². The maximum Gasteiger partial charge on any atom is 0.227 e. The second-order valence-electron chi connectivity index (χ2n) is 6.36. The van der Waals surface area contributed by atoms with Crippen LogP contribution >= 0.6 is 11.3 Å². The fourth-order valence-electron chi connectivity index (χ4n) is 3.05. The van der Waals surface area contributed by atoms with Crippen molar-refractivity contribution in [3.05, 3.63) is 53.2 Å². The van der Waals surface area contributed by atoms with Gasteiger partial charge in [0.05, 0.1) is 36.3 Å². The lowest BCUT2D eigenvalue weighted by Gasteiger charge is -2.14. The van der Waals surface area contributed by atoms with Crippen molar-refractivity contribution in [1.29, 1.82) is 0 Å². The Morgan fingerprint density at radius 3 is 2.67 bits per heavy atom. The number of hydrogen-bond acceptors (Lipinski definition) is 9. The number of fused-ring (bicyclic) bond motifs is 1. The van der Waals surface area contributed by atoms with Gasteiger partial charge in [-0.1, -0.05) is 6.07 Å². The average Bonchev–Trinajstić information content (AvgIpc) is 3.17. The molecule has 5 N–H and O–H groups in total. The number of methoxy groups -OCH3 is 2. The molecule has 2 heterocycles. The normalized spacial score (nSPS) is 12.0. The fraction of sp³-hybridized carbons (Fsp3) is 0.100. The molecule has 0 radical (unpaired) electrons. The number of nitrogens with zero attached hydrogens (tertiary/aromatic N) is 2. The summed E-state index contributed by atoms with van der Waals surface area (Å²) in [5.74, 6) is 1.61. The zero-order chi connectivity index (χ0) is 21.3. The van der Waals surface area contributed by atoms with Crippen molar-refractivity contribution in [2.75, 3.05) is 25.3 Å². The second-order valence-corrected chi connectivity index (χ2v) is 7.27. The predicted octanol–water partition coefficient (Wildman–Crippen LogP) is 3.10. The standard InChI is InChI=1S/C20H19N5O4S/c1-28-16-6-4-12(8-17(16)29-2)23-20-22-9-18-19(24-20)13(10-30-18)11-3-5-14(21)15(7-11)25(26)27/h3-10,25-26H,21H2,1-2H3,(H,22,23,24). The molecule has 0 saturated heterocycles. The summed E-state index contributed by atoms with van der Waals surface area (Å²) in [4.78, 5) is 9.01. The molecule has 2 aromatic heterocycles. The van der Waals surface area contributed by atoms with Gasteiger partial charge >= 0.3 is 0 Å². The van der Waals surface area contributed by atoms with Gasteiger partial charge in [-0.05, 0) is 23.8 Å². The number of aromatic nitrogens is 2. The molecule has 4 aromatic rings. The van der Waals surface area contributed by atoms with Crippen LogP contribution in [0.15, 0.2) is 48.0 Å². The van der Waals surface area contributed by atoms with E-state index in [0.717, 1.165) is 27.0 Å². The Balaban J connectivity index is 1.71. The summed E-state index contributed by atoms with van der Waals surface area (Å²) in [6.45, 7) is 0. The molecule has 0 saturated carbocycles. The quantitative estimate of drug-likeness (QED) is 0.274. The molecule has 10 heteroatoms. The fourth-order valence-corrected chi connectivity index (χ4v) is 3.92. The third-order valence-corrected chi connectivity index (χ3v) is 5.45. The Bertz CT molecular complexity index is 1210. The van der Waals surface area contributed by atoms with Crippen molar-refractivity contribution in [2.45, 2.75) is 0 Å². The number of benzene rings is 2. The van der Waals surface area contributed by atoms with Gasteiger partial charge in [-0.2, -0.15) is 5.23 Å². The van der Waals surface area contributed by atoms with Gasteiger partial charge in [0.15, 0.2) is 17.2 Å². The van der Waals surface area contributed by atoms with Crippen LogP contribution in [0.4, 0.5) is 23.0 Å². The molecular weight excluding hydrogens is 406 g/mol. The van der Waals surface area contributed by atoms with E-state index in [1.54, 1.807) is 50.7 Å². The van der Waals surface area contributed by atoms with Gasteiger partial charge in [-0.25, -0.2) is 15.2 Å². The van der Waals surface area contributed by atoms with Crippen LogP contribution in [-0.4, -0.2) is 29.4 Å². The van der Waals surface area contributed by atoms with Crippen LogP contribution < -0.4 is 25.8 Å². The third-order valence-electron chi connectivity index (χ3n) is 4.55. The SMILES string of the molecule is COc1ccc(Nc2ncc3scc(-c4ccc(N)c([NH+]([O-])O)c4)c3n2)cc1OC. The molecule has 154 valence electrons. The first-order valence-corrected chi connectivity index (χ1v) is 9.74. The van der Waals surface area contributed by atoms with E-state index in [-0.39, 0.29) is 11.4 Å². The summed E-state index contributed by atoms with van der Waals surface area (Å²) in [7, 11) is 3.15. The van der Waals surface area contributed by atoms with Crippen molar-refractivity contribution in [1.82, 2.24) is 9.97 Å². The molecule has 30 heavy (non-hydrogen) atoms. The molecule has 0 amide bonds. The molecular formula is C20H19N5O4S. The van der Waals surface area contributed by atoms with Crippen molar-refractivity contribution in [2.24, 2.45) is 0 Å². The van der Waals surface area contributed by atoms with E-state index < -0.39 is 5.23 Å². The van der Waals surface area contributed by atoms with Gasteiger partial charge in [-0.3, -0.25) is 0 Å². The van der Waals surface area contributed by atoms with Gasteiger partial charge in [0, 0.05) is 28.8 Å². The average molecular weight is 425 g/mol. The van der Waals surface area contributed by atoms with Crippen LogP contribution in [0.2, 0.25) is 0 Å². The monoisotopic (exact) mass is 425 g/mol. The zero-order valence-corrected chi connectivity index (χ0v) is 17.0. The minimum absolute atomic E-state index is 0.0598. The van der Waals surface area contributed by atoms with Crippen molar-refractivity contribution >= 4 is 44.6 Å². The highest BCUT2D eigenvalue weighted by molar-refractivity contribution is 7.17.